The van der Waals surface area contributed by atoms with E-state index in [4.69, 9.17) is 18.9 Å². The van der Waals surface area contributed by atoms with Gasteiger partial charge in [-0.3, -0.25) is 0 Å². The number of aliphatic hydroxyl groups excluding tert-OH is 1. The Labute approximate surface area is 209 Å². The summed E-state index contributed by atoms with van der Waals surface area (Å²) in [5.41, 5.74) is 1.61. The van der Waals surface area contributed by atoms with Crippen LogP contribution in [0, 0.1) is 0 Å². The molecule has 0 aliphatic carbocycles. The Morgan fingerprint density at radius 3 is 2.12 bits per heavy atom. The molecule has 1 fully saturated rings. The number of halogens is 2. The van der Waals surface area contributed by atoms with E-state index in [-0.39, 0.29) is 0 Å². The van der Waals surface area contributed by atoms with Crippen LogP contribution >= 0.6 is 34.5 Å². The third-order valence-corrected chi connectivity index (χ3v) is 15.1. The van der Waals surface area contributed by atoms with Crippen LogP contribution in [0.25, 0.3) is 12.2 Å². The van der Waals surface area contributed by atoms with Gasteiger partial charge in [0.1, 0.15) is 0 Å². The number of carbonyl (C=O) groups is 2. The molecule has 3 unspecified atom stereocenters. The van der Waals surface area contributed by atoms with Gasteiger partial charge in [-0.05, 0) is 0 Å². The zero-order chi connectivity index (χ0) is 23.8. The average molecular weight is 678 g/mol. The molecule has 2 aromatic carbocycles. The SMILES string of the molecule is CCOc1ccc(/C=C/C(=O)OC2C(O)C(OC(=O)/C=C/c3ccccc3)I2I)cc1OC. The Morgan fingerprint density at radius 1 is 0.970 bits per heavy atom. The third kappa shape index (κ3) is 6.93. The van der Waals surface area contributed by atoms with Gasteiger partial charge in [0.05, 0.1) is 0 Å². The van der Waals surface area contributed by atoms with Gasteiger partial charge in [-0.15, -0.1) is 0 Å². The van der Waals surface area contributed by atoms with Crippen LogP contribution in [0.2, 0.25) is 0 Å². The summed E-state index contributed by atoms with van der Waals surface area (Å²) >= 11 is 0.106. The Morgan fingerprint density at radius 2 is 1.58 bits per heavy atom. The summed E-state index contributed by atoms with van der Waals surface area (Å²) in [6, 6.07) is 14.7. The molecule has 2 aromatic rings. The number of benzene rings is 2. The van der Waals surface area contributed by atoms with E-state index in [1.807, 2.05) is 37.3 Å². The van der Waals surface area contributed by atoms with Crippen molar-refractivity contribution in [3.05, 3.63) is 71.8 Å². The number of aliphatic hydroxyl groups is 1. The van der Waals surface area contributed by atoms with Crippen molar-refractivity contribution in [2.24, 2.45) is 0 Å². The summed E-state index contributed by atoms with van der Waals surface area (Å²) in [6.07, 6.45) is 4.85. The summed E-state index contributed by atoms with van der Waals surface area (Å²) in [6.45, 7) is 2.40. The molecule has 3 rings (SSSR count). The van der Waals surface area contributed by atoms with Crippen molar-refractivity contribution in [2.75, 3.05) is 13.7 Å². The summed E-state index contributed by atoms with van der Waals surface area (Å²) in [4.78, 5) is 24.3. The summed E-state index contributed by atoms with van der Waals surface area (Å²) in [5.74, 6) is 0.0834. The molecule has 33 heavy (non-hydrogen) atoms. The van der Waals surface area contributed by atoms with Gasteiger partial charge in [0.25, 0.3) is 0 Å². The molecule has 0 amide bonds. The van der Waals surface area contributed by atoms with E-state index in [0.717, 1.165) is 11.1 Å². The molecule has 0 radical (unpaired) electrons. The molecule has 7 nitrogen and oxygen atoms in total. The van der Waals surface area contributed by atoms with E-state index >= 15 is 0 Å². The van der Waals surface area contributed by atoms with Crippen LogP contribution < -0.4 is 9.47 Å². The fourth-order valence-corrected chi connectivity index (χ4v) is 11.0. The topological polar surface area (TPSA) is 91.3 Å². The molecular formula is C24H24I2O7. The van der Waals surface area contributed by atoms with Crippen molar-refractivity contribution in [1.29, 1.82) is 0 Å². The standard InChI is InChI=1S/C24H24I2O7/c1-3-31-18-12-9-17(15-19(18)30-2)11-14-21(28)33-24-22(29)23(26(24)25)32-20(27)13-10-16-7-5-4-6-8-16/h4-15,22-24,29H,3H2,1-2H3/b13-10+,14-11+. The van der Waals surface area contributed by atoms with E-state index in [2.05, 4.69) is 18.6 Å². The predicted molar refractivity (Wildman–Crippen MR) is 142 cm³/mol. The van der Waals surface area contributed by atoms with Crippen LogP contribution in [-0.4, -0.2) is 45.1 Å². The zero-order valence-corrected chi connectivity index (χ0v) is 22.3. The quantitative estimate of drug-likeness (QED) is 0.177. The van der Waals surface area contributed by atoms with Crippen LogP contribution in [-0.2, 0) is 19.1 Å². The number of hydrogen-bond acceptors (Lipinski definition) is 7. The molecule has 0 aromatic heterocycles. The maximum atomic E-state index is 12.2. The maximum absolute atomic E-state index is 12.2. The second kappa shape index (κ2) is 12.4. The summed E-state index contributed by atoms with van der Waals surface area (Å²) < 4.78 is 20.4. The van der Waals surface area contributed by atoms with Gasteiger partial charge in [0.2, 0.25) is 0 Å². The molecule has 1 aliphatic heterocycles. The molecule has 1 N–H and O–H groups in total. The number of ether oxygens (including phenoxy) is 4. The number of methoxy groups -OCH3 is 1. The second-order valence-corrected chi connectivity index (χ2v) is 17.2. The van der Waals surface area contributed by atoms with Crippen LogP contribution in [0.3, 0.4) is 0 Å². The molecule has 1 saturated heterocycles. The number of rotatable bonds is 9. The van der Waals surface area contributed by atoms with Gasteiger partial charge in [-0.25, -0.2) is 0 Å². The molecule has 1 aliphatic rings. The van der Waals surface area contributed by atoms with Gasteiger partial charge in [0, 0.05) is 0 Å². The van der Waals surface area contributed by atoms with Gasteiger partial charge in [-0.2, -0.15) is 0 Å². The van der Waals surface area contributed by atoms with E-state index in [1.54, 1.807) is 37.5 Å². The van der Waals surface area contributed by atoms with Gasteiger partial charge >= 0.3 is 210 Å². The second-order valence-electron chi connectivity index (χ2n) is 6.78. The molecule has 0 spiro atoms. The van der Waals surface area contributed by atoms with Crippen molar-refractivity contribution in [2.45, 2.75) is 21.2 Å². The molecule has 3 atom stereocenters. The predicted octanol–water partition coefficient (Wildman–Crippen LogP) is 4.79. The van der Waals surface area contributed by atoms with Gasteiger partial charge in [-0.1, -0.05) is 0 Å². The first kappa shape index (κ1) is 25.5. The van der Waals surface area contributed by atoms with Crippen LogP contribution in [0.4, 0.5) is 0 Å². The van der Waals surface area contributed by atoms with E-state index in [0.29, 0.717) is 18.1 Å². The summed E-state index contributed by atoms with van der Waals surface area (Å²) in [5, 5.41) is 10.4. The number of esters is 2. The van der Waals surface area contributed by atoms with Gasteiger partial charge < -0.3 is 0 Å². The Balaban J connectivity index is 1.51. The number of alkyl halides is 2. The average Bonchev–Trinajstić information content (AvgIpc) is 2.84. The van der Waals surface area contributed by atoms with E-state index in [1.165, 1.54) is 12.2 Å². The molecular weight excluding hydrogens is 654 g/mol. The first-order chi connectivity index (χ1) is 15.9. The molecule has 176 valence electrons. The Hall–Kier alpha value is -2.12. The fraction of sp³-hybridized carbons (Fsp3) is 0.250. The van der Waals surface area contributed by atoms with Gasteiger partial charge in [0.15, 0.2) is 0 Å². The fourth-order valence-electron chi connectivity index (χ4n) is 2.89. The van der Waals surface area contributed by atoms with Crippen LogP contribution in [0.5, 0.6) is 11.5 Å². The molecule has 0 saturated carbocycles. The first-order valence-corrected chi connectivity index (χ1v) is 18.9. The molecule has 0 bridgehead atoms. The van der Waals surface area contributed by atoms with Crippen molar-refractivity contribution in [3.8, 4) is 11.5 Å². The zero-order valence-electron chi connectivity index (χ0n) is 18.0. The summed E-state index contributed by atoms with van der Waals surface area (Å²) in [7, 11) is 1.55. The molecule has 9 heteroatoms. The minimum absolute atomic E-state index is 0.517. The Kier molecular flexibility index (Phi) is 9.56. The van der Waals surface area contributed by atoms with Crippen molar-refractivity contribution in [1.82, 2.24) is 0 Å². The first-order valence-electron chi connectivity index (χ1n) is 10.1. The van der Waals surface area contributed by atoms with Crippen LogP contribution in [0.15, 0.2) is 60.7 Å². The number of hydrogen-bond donors (Lipinski definition) is 1. The monoisotopic (exact) mass is 678 g/mol. The van der Waals surface area contributed by atoms with E-state index < -0.39 is 42.1 Å². The van der Waals surface area contributed by atoms with Crippen molar-refractivity contribution in [3.63, 3.8) is 0 Å². The third-order valence-electron chi connectivity index (χ3n) is 4.52. The Bertz CT molecular complexity index is 1010. The van der Waals surface area contributed by atoms with Crippen molar-refractivity contribution < 1.29 is 33.6 Å². The minimum atomic E-state index is -2.06. The molecule has 1 heterocycles. The number of carbonyl (C=O) groups excluding carboxylic acids is 2. The van der Waals surface area contributed by atoms with Crippen molar-refractivity contribution >= 4 is 58.6 Å². The normalized spacial score (nSPS) is 21.0. The van der Waals surface area contributed by atoms with E-state index in [9.17, 15) is 14.7 Å². The van der Waals surface area contributed by atoms with Crippen LogP contribution in [0.1, 0.15) is 18.1 Å².